The highest BCUT2D eigenvalue weighted by atomic mass is 35.5. The fourth-order valence-electron chi connectivity index (χ4n) is 3.09. The SMILES string of the molecule is CC[C@H](C)NC(=O)CSc1nc2c(C)nn(CC)c2c(=O)n1Cc1ccc(Cl)cc1. The van der Waals surface area contributed by atoms with Gasteiger partial charge in [-0.05, 0) is 44.9 Å². The lowest BCUT2D eigenvalue weighted by molar-refractivity contribution is -0.119. The molecule has 1 N–H and O–H groups in total. The van der Waals surface area contributed by atoms with E-state index in [-0.39, 0.29) is 23.3 Å². The Labute approximate surface area is 184 Å². The Morgan fingerprint density at radius 3 is 2.60 bits per heavy atom. The van der Waals surface area contributed by atoms with Gasteiger partial charge in [0.1, 0.15) is 5.52 Å². The Morgan fingerprint density at radius 2 is 1.97 bits per heavy atom. The average molecular weight is 448 g/mol. The summed E-state index contributed by atoms with van der Waals surface area (Å²) in [6.45, 7) is 8.68. The van der Waals surface area contributed by atoms with Gasteiger partial charge in [-0.25, -0.2) is 4.98 Å². The Balaban J connectivity index is 2.02. The number of aromatic nitrogens is 4. The Hall–Kier alpha value is -2.32. The minimum Gasteiger partial charge on any atom is -0.353 e. The maximum Gasteiger partial charge on any atom is 0.280 e. The fourth-order valence-corrected chi connectivity index (χ4v) is 4.02. The number of halogens is 1. The van der Waals surface area contributed by atoms with Gasteiger partial charge < -0.3 is 5.32 Å². The van der Waals surface area contributed by atoms with Crippen LogP contribution in [0.25, 0.3) is 11.0 Å². The molecular formula is C21H26ClN5O2S. The van der Waals surface area contributed by atoms with E-state index >= 15 is 0 Å². The molecule has 0 spiro atoms. The molecule has 0 aliphatic rings. The van der Waals surface area contributed by atoms with E-state index in [0.29, 0.717) is 40.0 Å². The quantitative estimate of drug-likeness (QED) is 0.421. The summed E-state index contributed by atoms with van der Waals surface area (Å²) in [7, 11) is 0. The lowest BCUT2D eigenvalue weighted by Crippen LogP contribution is -2.33. The molecule has 30 heavy (non-hydrogen) atoms. The topological polar surface area (TPSA) is 81.8 Å². The van der Waals surface area contributed by atoms with E-state index in [2.05, 4.69) is 10.4 Å². The minimum atomic E-state index is -0.165. The molecule has 0 aliphatic heterocycles. The maximum atomic E-state index is 13.4. The Bertz CT molecular complexity index is 1110. The monoisotopic (exact) mass is 447 g/mol. The zero-order chi connectivity index (χ0) is 21.8. The van der Waals surface area contributed by atoms with Crippen LogP contribution in [0.4, 0.5) is 0 Å². The van der Waals surface area contributed by atoms with Crippen LogP contribution >= 0.6 is 23.4 Å². The van der Waals surface area contributed by atoms with E-state index in [4.69, 9.17) is 16.6 Å². The summed E-state index contributed by atoms with van der Waals surface area (Å²) in [4.78, 5) is 30.4. The third-order valence-corrected chi connectivity index (χ3v) is 6.12. The summed E-state index contributed by atoms with van der Waals surface area (Å²) < 4.78 is 3.29. The predicted octanol–water partition coefficient (Wildman–Crippen LogP) is 3.63. The molecule has 0 fully saturated rings. The molecule has 2 heterocycles. The van der Waals surface area contributed by atoms with E-state index in [1.54, 1.807) is 21.4 Å². The molecular weight excluding hydrogens is 422 g/mol. The molecule has 3 rings (SSSR count). The summed E-state index contributed by atoms with van der Waals surface area (Å²) >= 11 is 7.26. The molecule has 0 saturated carbocycles. The van der Waals surface area contributed by atoms with Crippen molar-refractivity contribution in [3.05, 3.63) is 50.9 Å². The zero-order valence-electron chi connectivity index (χ0n) is 17.6. The van der Waals surface area contributed by atoms with Gasteiger partial charge in [0.2, 0.25) is 5.91 Å². The second-order valence-corrected chi connectivity index (χ2v) is 8.55. The third-order valence-electron chi connectivity index (χ3n) is 4.89. The smallest absolute Gasteiger partial charge is 0.280 e. The number of hydrogen-bond acceptors (Lipinski definition) is 5. The highest BCUT2D eigenvalue weighted by molar-refractivity contribution is 7.99. The highest BCUT2D eigenvalue weighted by Gasteiger charge is 2.19. The van der Waals surface area contributed by atoms with Crippen molar-refractivity contribution in [2.75, 3.05) is 5.75 Å². The van der Waals surface area contributed by atoms with Gasteiger partial charge >= 0.3 is 0 Å². The third kappa shape index (κ3) is 4.87. The van der Waals surface area contributed by atoms with Crippen LogP contribution in [-0.4, -0.2) is 37.0 Å². The number of carbonyl (C=O) groups is 1. The number of aryl methyl sites for hydroxylation is 2. The summed E-state index contributed by atoms with van der Waals surface area (Å²) in [6.07, 6.45) is 0.858. The van der Waals surface area contributed by atoms with Crippen molar-refractivity contribution in [2.45, 2.75) is 58.4 Å². The highest BCUT2D eigenvalue weighted by Crippen LogP contribution is 2.21. The van der Waals surface area contributed by atoms with E-state index in [1.807, 2.05) is 39.8 Å². The molecule has 0 radical (unpaired) electrons. The van der Waals surface area contributed by atoms with Gasteiger partial charge in [0.25, 0.3) is 5.56 Å². The van der Waals surface area contributed by atoms with Gasteiger partial charge in [0.05, 0.1) is 18.0 Å². The van der Waals surface area contributed by atoms with Crippen molar-refractivity contribution >= 4 is 40.3 Å². The molecule has 0 bridgehead atoms. The summed E-state index contributed by atoms with van der Waals surface area (Å²) in [6, 6.07) is 7.45. The van der Waals surface area contributed by atoms with Gasteiger partial charge in [-0.3, -0.25) is 18.8 Å². The van der Waals surface area contributed by atoms with Crippen LogP contribution in [0.15, 0.2) is 34.2 Å². The number of hydrogen-bond donors (Lipinski definition) is 1. The Kier molecular flexibility index (Phi) is 7.20. The first-order valence-corrected chi connectivity index (χ1v) is 11.3. The van der Waals surface area contributed by atoms with E-state index < -0.39 is 0 Å². The zero-order valence-corrected chi connectivity index (χ0v) is 19.2. The maximum absolute atomic E-state index is 13.4. The molecule has 1 amide bonds. The van der Waals surface area contributed by atoms with Crippen molar-refractivity contribution in [3.8, 4) is 0 Å². The Morgan fingerprint density at radius 1 is 1.27 bits per heavy atom. The van der Waals surface area contributed by atoms with Crippen molar-refractivity contribution in [3.63, 3.8) is 0 Å². The van der Waals surface area contributed by atoms with Gasteiger partial charge in [0.15, 0.2) is 10.7 Å². The van der Waals surface area contributed by atoms with Crippen molar-refractivity contribution in [1.82, 2.24) is 24.6 Å². The summed E-state index contributed by atoms with van der Waals surface area (Å²) in [5.74, 6) is 0.104. The molecule has 1 aromatic carbocycles. The van der Waals surface area contributed by atoms with Crippen LogP contribution in [0.1, 0.15) is 38.4 Å². The molecule has 2 aromatic heterocycles. The number of fused-ring (bicyclic) bond motifs is 1. The largest absolute Gasteiger partial charge is 0.353 e. The van der Waals surface area contributed by atoms with Crippen molar-refractivity contribution in [2.24, 2.45) is 0 Å². The van der Waals surface area contributed by atoms with Crippen molar-refractivity contribution in [1.29, 1.82) is 0 Å². The standard InChI is InChI=1S/C21H26ClN5O2S/c1-5-13(3)23-17(28)12-30-21-24-18-14(4)25-27(6-2)19(18)20(29)26(21)11-15-7-9-16(22)10-8-15/h7-10,13H,5-6,11-12H2,1-4H3,(H,23,28)/t13-/m0/s1. The fraction of sp³-hybridized carbons (Fsp3) is 0.429. The number of nitrogens with zero attached hydrogens (tertiary/aromatic N) is 4. The number of thioether (sulfide) groups is 1. The van der Waals surface area contributed by atoms with Gasteiger partial charge in [-0.1, -0.05) is 42.4 Å². The number of carbonyl (C=O) groups excluding carboxylic acids is 1. The lowest BCUT2D eigenvalue weighted by atomic mass is 10.2. The lowest BCUT2D eigenvalue weighted by Gasteiger charge is -2.14. The molecule has 7 nitrogen and oxygen atoms in total. The van der Waals surface area contributed by atoms with Crippen molar-refractivity contribution < 1.29 is 4.79 Å². The average Bonchev–Trinajstić information content (AvgIpc) is 3.05. The molecule has 3 aromatic rings. The number of nitrogens with one attached hydrogen (secondary N) is 1. The number of amides is 1. The minimum absolute atomic E-state index is 0.0808. The van der Waals surface area contributed by atoms with Gasteiger partial charge in [-0.15, -0.1) is 0 Å². The molecule has 160 valence electrons. The van der Waals surface area contributed by atoms with Crippen LogP contribution in [0.2, 0.25) is 5.02 Å². The first kappa shape index (κ1) is 22.4. The molecule has 0 unspecified atom stereocenters. The summed E-state index contributed by atoms with van der Waals surface area (Å²) in [5.41, 5.74) is 2.53. The molecule has 0 saturated heterocycles. The van der Waals surface area contributed by atoms with E-state index in [0.717, 1.165) is 12.0 Å². The number of benzene rings is 1. The molecule has 1 atom stereocenters. The molecule has 0 aliphatic carbocycles. The van der Waals surface area contributed by atoms with Crippen LogP contribution < -0.4 is 10.9 Å². The summed E-state index contributed by atoms with van der Waals surface area (Å²) in [5, 5.41) is 8.53. The first-order chi connectivity index (χ1) is 14.3. The number of rotatable bonds is 8. The van der Waals surface area contributed by atoms with Crippen LogP contribution in [0.5, 0.6) is 0 Å². The molecule has 9 heteroatoms. The van der Waals surface area contributed by atoms with Gasteiger partial charge in [0, 0.05) is 17.6 Å². The first-order valence-electron chi connectivity index (χ1n) is 9.98. The van der Waals surface area contributed by atoms with Gasteiger partial charge in [-0.2, -0.15) is 5.10 Å². The second-order valence-electron chi connectivity index (χ2n) is 7.18. The van der Waals surface area contributed by atoms with Crippen LogP contribution in [0.3, 0.4) is 0 Å². The van der Waals surface area contributed by atoms with Crippen LogP contribution in [0, 0.1) is 6.92 Å². The normalized spacial score (nSPS) is 12.3. The van der Waals surface area contributed by atoms with E-state index in [1.165, 1.54) is 11.8 Å². The van der Waals surface area contributed by atoms with Crippen LogP contribution in [-0.2, 0) is 17.9 Å². The van der Waals surface area contributed by atoms with E-state index in [9.17, 15) is 9.59 Å². The second kappa shape index (κ2) is 9.66. The predicted molar refractivity (Wildman–Crippen MR) is 121 cm³/mol.